The maximum absolute atomic E-state index is 4.56. The second-order valence-electron chi connectivity index (χ2n) is 7.85. The van der Waals surface area contributed by atoms with Crippen LogP contribution in [0.2, 0.25) is 0 Å². The van der Waals surface area contributed by atoms with Crippen LogP contribution in [0, 0.1) is 0 Å². The molecule has 4 nitrogen and oxygen atoms in total. The number of pyridine rings is 1. The molecule has 2 aromatic heterocycles. The summed E-state index contributed by atoms with van der Waals surface area (Å²) in [5.74, 6) is 0. The van der Waals surface area contributed by atoms with E-state index in [2.05, 4.69) is 57.7 Å². The van der Waals surface area contributed by atoms with Crippen molar-refractivity contribution in [3.8, 4) is 16.9 Å². The Balaban J connectivity index is 1.54. The lowest BCUT2D eigenvalue weighted by Crippen LogP contribution is -2.30. The molecule has 0 unspecified atom stereocenters. The summed E-state index contributed by atoms with van der Waals surface area (Å²) in [7, 11) is 0. The van der Waals surface area contributed by atoms with E-state index in [9.17, 15) is 0 Å². The van der Waals surface area contributed by atoms with Crippen molar-refractivity contribution in [3.63, 3.8) is 0 Å². The predicted molar refractivity (Wildman–Crippen MR) is 100 cm³/mol. The Hall–Kier alpha value is -2.62. The quantitative estimate of drug-likeness (QED) is 0.722. The molecule has 3 aromatic rings. The van der Waals surface area contributed by atoms with E-state index in [1.807, 2.05) is 24.7 Å². The third kappa shape index (κ3) is 2.44. The second-order valence-corrected chi connectivity index (χ2v) is 7.85. The third-order valence-electron chi connectivity index (χ3n) is 5.41. The van der Waals surface area contributed by atoms with E-state index in [1.165, 1.54) is 29.8 Å². The maximum atomic E-state index is 4.56. The largest absolute Gasteiger partial charge is 0.367 e. The van der Waals surface area contributed by atoms with Crippen LogP contribution in [0.1, 0.15) is 32.3 Å². The number of anilines is 1. The molecular weight excluding hydrogens is 308 g/mol. The lowest BCUT2D eigenvalue weighted by molar-refractivity contribution is 0.549. The summed E-state index contributed by atoms with van der Waals surface area (Å²) >= 11 is 0. The Labute approximate surface area is 148 Å². The van der Waals surface area contributed by atoms with Crippen molar-refractivity contribution in [3.05, 3.63) is 60.8 Å². The summed E-state index contributed by atoms with van der Waals surface area (Å²) in [5.41, 5.74) is 6.27. The number of nitrogens with zero attached hydrogens (tertiary/aromatic N) is 4. The SMILES string of the molecule is CC1(C)CN(C2CC2)c2cc(-n3cnc(-c4cccnc4)c3)ccc21. The van der Waals surface area contributed by atoms with Gasteiger partial charge in [-0.1, -0.05) is 19.9 Å². The summed E-state index contributed by atoms with van der Waals surface area (Å²) < 4.78 is 2.11. The van der Waals surface area contributed by atoms with Gasteiger partial charge < -0.3 is 9.47 Å². The van der Waals surface area contributed by atoms with Gasteiger partial charge in [0, 0.05) is 53.5 Å². The van der Waals surface area contributed by atoms with Gasteiger partial charge in [-0.2, -0.15) is 0 Å². The van der Waals surface area contributed by atoms with Crippen LogP contribution in [0.4, 0.5) is 5.69 Å². The Bertz CT molecular complexity index is 922. The minimum Gasteiger partial charge on any atom is -0.367 e. The van der Waals surface area contributed by atoms with Crippen LogP contribution in [0.5, 0.6) is 0 Å². The standard InChI is InChI=1S/C21H22N4/c1-21(2)13-25(16-5-6-16)20-10-17(7-8-18(20)21)24-12-19(23-14-24)15-4-3-9-22-11-15/h3-4,7-12,14,16H,5-6,13H2,1-2H3. The number of hydrogen-bond donors (Lipinski definition) is 0. The molecule has 1 fully saturated rings. The molecule has 0 saturated heterocycles. The minimum atomic E-state index is 0.228. The fraction of sp³-hybridized carbons (Fsp3) is 0.333. The Morgan fingerprint density at radius 3 is 2.80 bits per heavy atom. The highest BCUT2D eigenvalue weighted by Crippen LogP contribution is 2.46. The molecule has 1 saturated carbocycles. The second kappa shape index (κ2) is 5.19. The first kappa shape index (κ1) is 14.7. The van der Waals surface area contributed by atoms with Crippen LogP contribution in [0.15, 0.2) is 55.2 Å². The molecule has 2 aliphatic rings. The highest BCUT2D eigenvalue weighted by molar-refractivity contribution is 5.67. The molecule has 5 rings (SSSR count). The zero-order valence-electron chi connectivity index (χ0n) is 14.7. The first-order valence-corrected chi connectivity index (χ1v) is 8.98. The molecule has 1 aromatic carbocycles. The van der Waals surface area contributed by atoms with Crippen molar-refractivity contribution < 1.29 is 0 Å². The van der Waals surface area contributed by atoms with E-state index < -0.39 is 0 Å². The molecule has 3 heterocycles. The summed E-state index contributed by atoms with van der Waals surface area (Å²) in [4.78, 5) is 11.4. The lowest BCUT2D eigenvalue weighted by Gasteiger charge is -2.22. The molecule has 0 atom stereocenters. The number of hydrogen-bond acceptors (Lipinski definition) is 3. The van der Waals surface area contributed by atoms with E-state index in [0.717, 1.165) is 23.8 Å². The van der Waals surface area contributed by atoms with Crippen LogP contribution in [-0.4, -0.2) is 27.1 Å². The van der Waals surface area contributed by atoms with Gasteiger partial charge in [-0.25, -0.2) is 4.98 Å². The average Bonchev–Trinajstić information content (AvgIpc) is 3.28. The fourth-order valence-electron chi connectivity index (χ4n) is 3.93. The van der Waals surface area contributed by atoms with E-state index in [1.54, 1.807) is 6.20 Å². The molecule has 126 valence electrons. The van der Waals surface area contributed by atoms with Crippen LogP contribution in [0.3, 0.4) is 0 Å². The molecule has 4 heteroatoms. The van der Waals surface area contributed by atoms with Crippen LogP contribution in [-0.2, 0) is 5.41 Å². The van der Waals surface area contributed by atoms with Gasteiger partial charge in [0.2, 0.25) is 0 Å². The van der Waals surface area contributed by atoms with E-state index in [4.69, 9.17) is 0 Å². The number of benzene rings is 1. The average molecular weight is 330 g/mol. The number of aromatic nitrogens is 3. The van der Waals surface area contributed by atoms with Crippen LogP contribution >= 0.6 is 0 Å². The molecule has 0 N–H and O–H groups in total. The van der Waals surface area contributed by atoms with Crippen molar-refractivity contribution >= 4 is 5.69 Å². The predicted octanol–water partition coefficient (Wildman–Crippen LogP) is 4.19. The minimum absolute atomic E-state index is 0.228. The van der Waals surface area contributed by atoms with Gasteiger partial charge in [-0.05, 0) is 42.7 Å². The molecule has 1 aliphatic carbocycles. The van der Waals surface area contributed by atoms with E-state index in [-0.39, 0.29) is 5.41 Å². The Morgan fingerprint density at radius 2 is 2.04 bits per heavy atom. The van der Waals surface area contributed by atoms with Crippen LogP contribution in [0.25, 0.3) is 16.9 Å². The number of imidazole rings is 1. The highest BCUT2D eigenvalue weighted by atomic mass is 15.2. The molecule has 0 spiro atoms. The first-order valence-electron chi connectivity index (χ1n) is 8.98. The van der Waals surface area contributed by atoms with Gasteiger partial charge in [0.25, 0.3) is 0 Å². The van der Waals surface area contributed by atoms with E-state index in [0.29, 0.717) is 0 Å². The van der Waals surface area contributed by atoms with Gasteiger partial charge in [0.1, 0.15) is 0 Å². The van der Waals surface area contributed by atoms with Gasteiger partial charge in [-0.15, -0.1) is 0 Å². The molecule has 0 amide bonds. The lowest BCUT2D eigenvalue weighted by atomic mass is 9.87. The van der Waals surface area contributed by atoms with Crippen molar-refractivity contribution in [2.24, 2.45) is 0 Å². The van der Waals surface area contributed by atoms with Gasteiger partial charge in [0.15, 0.2) is 0 Å². The summed E-state index contributed by atoms with van der Waals surface area (Å²) in [5, 5.41) is 0. The van der Waals surface area contributed by atoms with Crippen molar-refractivity contribution in [1.29, 1.82) is 0 Å². The molecule has 0 radical (unpaired) electrons. The van der Waals surface area contributed by atoms with Crippen molar-refractivity contribution in [1.82, 2.24) is 14.5 Å². The summed E-state index contributed by atoms with van der Waals surface area (Å²) in [6, 6.07) is 11.6. The highest BCUT2D eigenvalue weighted by Gasteiger charge is 2.41. The normalized spacial score (nSPS) is 18.4. The van der Waals surface area contributed by atoms with Gasteiger partial charge in [-0.3, -0.25) is 4.98 Å². The molecule has 0 bridgehead atoms. The zero-order valence-corrected chi connectivity index (χ0v) is 14.7. The Morgan fingerprint density at radius 1 is 1.16 bits per heavy atom. The van der Waals surface area contributed by atoms with Gasteiger partial charge in [0.05, 0.1) is 12.0 Å². The first-order chi connectivity index (χ1) is 12.1. The van der Waals surface area contributed by atoms with E-state index >= 15 is 0 Å². The maximum Gasteiger partial charge on any atom is 0.0999 e. The number of rotatable bonds is 3. The topological polar surface area (TPSA) is 34.0 Å². The Kier molecular flexibility index (Phi) is 3.05. The molecule has 1 aliphatic heterocycles. The van der Waals surface area contributed by atoms with Crippen LogP contribution < -0.4 is 4.90 Å². The fourth-order valence-corrected chi connectivity index (χ4v) is 3.93. The van der Waals surface area contributed by atoms with Gasteiger partial charge >= 0.3 is 0 Å². The van der Waals surface area contributed by atoms with Crippen molar-refractivity contribution in [2.45, 2.75) is 38.1 Å². The molecular formula is C21H22N4. The summed E-state index contributed by atoms with van der Waals surface area (Å²) in [6.07, 6.45) is 10.3. The smallest absolute Gasteiger partial charge is 0.0999 e. The monoisotopic (exact) mass is 330 g/mol. The van der Waals surface area contributed by atoms with Crippen molar-refractivity contribution in [2.75, 3.05) is 11.4 Å². The molecule has 25 heavy (non-hydrogen) atoms. The third-order valence-corrected chi connectivity index (χ3v) is 5.41. The number of fused-ring (bicyclic) bond motifs is 1. The zero-order chi connectivity index (χ0) is 17.0. The summed E-state index contributed by atoms with van der Waals surface area (Å²) in [6.45, 7) is 5.83.